The van der Waals surface area contributed by atoms with E-state index in [0.717, 1.165) is 30.3 Å². The second kappa shape index (κ2) is 6.85. The van der Waals surface area contributed by atoms with Crippen molar-refractivity contribution in [1.29, 1.82) is 0 Å². The van der Waals surface area contributed by atoms with E-state index in [1.165, 1.54) is 0 Å². The molecular formula is C10H19N3OS. The van der Waals surface area contributed by atoms with Crippen molar-refractivity contribution in [3.05, 3.63) is 12.2 Å². The molecule has 1 aromatic heterocycles. The summed E-state index contributed by atoms with van der Waals surface area (Å²) in [5, 5.41) is 12.8. The molecule has 1 rings (SSSR count). The van der Waals surface area contributed by atoms with Crippen molar-refractivity contribution in [2.45, 2.75) is 32.6 Å². The third-order valence-electron chi connectivity index (χ3n) is 1.91. The third kappa shape index (κ3) is 4.66. The molecule has 0 radical (unpaired) electrons. The molecule has 0 amide bonds. The fourth-order valence-electron chi connectivity index (χ4n) is 1.23. The minimum atomic E-state index is 0.270. The summed E-state index contributed by atoms with van der Waals surface area (Å²) in [7, 11) is 0. The number of aromatic nitrogens is 3. The Balaban J connectivity index is 2.36. The average molecular weight is 229 g/mol. The van der Waals surface area contributed by atoms with Gasteiger partial charge in [-0.25, -0.2) is 9.67 Å². The molecule has 1 N–H and O–H groups in total. The molecule has 1 heterocycles. The fourth-order valence-corrected chi connectivity index (χ4v) is 2.11. The Kier molecular flexibility index (Phi) is 5.71. The number of rotatable bonds is 7. The van der Waals surface area contributed by atoms with E-state index in [-0.39, 0.29) is 6.61 Å². The topological polar surface area (TPSA) is 50.9 Å². The van der Waals surface area contributed by atoms with Gasteiger partial charge in [0.1, 0.15) is 12.2 Å². The molecule has 0 fully saturated rings. The number of nitrogens with zero attached hydrogens (tertiary/aromatic N) is 3. The molecule has 0 atom stereocenters. The van der Waals surface area contributed by atoms with Crippen molar-refractivity contribution in [1.82, 2.24) is 14.8 Å². The van der Waals surface area contributed by atoms with Crippen molar-refractivity contribution >= 4 is 11.8 Å². The minimum Gasteiger partial charge on any atom is -0.396 e. The lowest BCUT2D eigenvalue weighted by Gasteiger charge is -2.07. The molecule has 0 saturated heterocycles. The van der Waals surface area contributed by atoms with E-state index in [0.29, 0.717) is 5.92 Å². The van der Waals surface area contributed by atoms with Gasteiger partial charge in [0, 0.05) is 13.2 Å². The van der Waals surface area contributed by atoms with Gasteiger partial charge in [-0.05, 0) is 18.1 Å². The molecule has 0 spiro atoms. The Labute approximate surface area is 95.1 Å². The van der Waals surface area contributed by atoms with Crippen molar-refractivity contribution in [2.75, 3.05) is 12.4 Å². The second-order valence-electron chi connectivity index (χ2n) is 3.88. The normalized spacial score (nSPS) is 11.2. The fraction of sp³-hybridized carbons (Fsp3) is 0.800. The zero-order valence-corrected chi connectivity index (χ0v) is 10.2. The first-order valence-corrected chi connectivity index (χ1v) is 6.44. The maximum absolute atomic E-state index is 8.65. The van der Waals surface area contributed by atoms with Gasteiger partial charge in [-0.2, -0.15) is 16.9 Å². The van der Waals surface area contributed by atoms with E-state index in [1.54, 1.807) is 18.1 Å². The van der Waals surface area contributed by atoms with Gasteiger partial charge >= 0.3 is 0 Å². The summed E-state index contributed by atoms with van der Waals surface area (Å²) >= 11 is 1.79. The largest absolute Gasteiger partial charge is 0.396 e. The van der Waals surface area contributed by atoms with Crippen LogP contribution in [0.1, 0.15) is 26.1 Å². The minimum absolute atomic E-state index is 0.270. The third-order valence-corrected chi connectivity index (χ3v) is 2.95. The van der Waals surface area contributed by atoms with Crippen LogP contribution < -0.4 is 0 Å². The molecule has 0 aliphatic carbocycles. The first kappa shape index (κ1) is 12.5. The highest BCUT2D eigenvalue weighted by Gasteiger charge is 2.05. The Bertz CT molecular complexity index is 275. The zero-order chi connectivity index (χ0) is 11.1. The second-order valence-corrected chi connectivity index (χ2v) is 4.99. The van der Waals surface area contributed by atoms with Crippen molar-refractivity contribution in [3.8, 4) is 0 Å². The molecule has 0 aromatic carbocycles. The van der Waals surface area contributed by atoms with Gasteiger partial charge < -0.3 is 5.11 Å². The number of aliphatic hydroxyl groups excluding tert-OH is 1. The number of hydrogen-bond acceptors (Lipinski definition) is 4. The lowest BCUT2D eigenvalue weighted by Crippen LogP contribution is -2.09. The summed E-state index contributed by atoms with van der Waals surface area (Å²) in [6.45, 7) is 5.54. The van der Waals surface area contributed by atoms with E-state index in [9.17, 15) is 0 Å². The van der Waals surface area contributed by atoms with Gasteiger partial charge in [0.05, 0.1) is 5.75 Å². The van der Waals surface area contributed by atoms with Crippen molar-refractivity contribution in [2.24, 2.45) is 5.92 Å². The monoisotopic (exact) mass is 229 g/mol. The van der Waals surface area contributed by atoms with Gasteiger partial charge in [-0.15, -0.1) is 0 Å². The molecule has 1 aromatic rings. The maximum atomic E-state index is 8.65. The van der Waals surface area contributed by atoms with E-state index < -0.39 is 0 Å². The molecule has 0 aliphatic rings. The SMILES string of the molecule is CC(C)Cn1ncnc1CSCCCO. The van der Waals surface area contributed by atoms with Crippen molar-refractivity contribution in [3.63, 3.8) is 0 Å². The van der Waals surface area contributed by atoms with Crippen LogP contribution >= 0.6 is 11.8 Å². The predicted octanol–water partition coefficient (Wildman–Crippen LogP) is 1.55. The molecule has 0 aliphatic heterocycles. The highest BCUT2D eigenvalue weighted by molar-refractivity contribution is 7.98. The zero-order valence-electron chi connectivity index (χ0n) is 9.39. The van der Waals surface area contributed by atoms with Gasteiger partial charge in [0.25, 0.3) is 0 Å². The van der Waals surface area contributed by atoms with E-state index in [1.807, 2.05) is 4.68 Å². The molecular weight excluding hydrogens is 210 g/mol. The van der Waals surface area contributed by atoms with E-state index >= 15 is 0 Å². The predicted molar refractivity (Wildman–Crippen MR) is 62.7 cm³/mol. The molecule has 0 bridgehead atoms. The van der Waals surface area contributed by atoms with Gasteiger partial charge in [0.15, 0.2) is 0 Å². The lowest BCUT2D eigenvalue weighted by molar-refractivity contribution is 0.296. The molecule has 5 heteroatoms. The Morgan fingerprint density at radius 3 is 3.00 bits per heavy atom. The highest BCUT2D eigenvalue weighted by Crippen LogP contribution is 2.11. The summed E-state index contributed by atoms with van der Waals surface area (Å²) < 4.78 is 1.97. The quantitative estimate of drug-likeness (QED) is 0.721. The number of hydrogen-bond donors (Lipinski definition) is 1. The standard InChI is InChI=1S/C10H19N3OS/c1-9(2)6-13-10(11-8-12-13)7-15-5-3-4-14/h8-9,14H,3-7H2,1-2H3. The van der Waals surface area contributed by atoms with Crippen LogP contribution in [0.4, 0.5) is 0 Å². The smallest absolute Gasteiger partial charge is 0.138 e. The number of aliphatic hydroxyl groups is 1. The molecule has 0 saturated carbocycles. The molecule has 15 heavy (non-hydrogen) atoms. The van der Waals surface area contributed by atoms with Crippen LogP contribution in [0.3, 0.4) is 0 Å². The summed E-state index contributed by atoms with van der Waals surface area (Å²) in [4.78, 5) is 4.24. The summed E-state index contributed by atoms with van der Waals surface area (Å²) in [6.07, 6.45) is 2.47. The average Bonchev–Trinajstić information content (AvgIpc) is 2.59. The molecule has 4 nitrogen and oxygen atoms in total. The summed E-state index contributed by atoms with van der Waals surface area (Å²) in [6, 6.07) is 0. The van der Waals surface area contributed by atoms with Crippen LogP contribution in [0.15, 0.2) is 6.33 Å². The van der Waals surface area contributed by atoms with E-state index in [2.05, 4.69) is 23.9 Å². The van der Waals surface area contributed by atoms with Crippen LogP contribution in [-0.2, 0) is 12.3 Å². The first-order valence-electron chi connectivity index (χ1n) is 5.29. The van der Waals surface area contributed by atoms with Crippen molar-refractivity contribution < 1.29 is 5.11 Å². The first-order chi connectivity index (χ1) is 7.24. The lowest BCUT2D eigenvalue weighted by atomic mass is 10.2. The molecule has 0 unspecified atom stereocenters. The van der Waals surface area contributed by atoms with Crippen LogP contribution in [0.2, 0.25) is 0 Å². The van der Waals surface area contributed by atoms with Crippen LogP contribution in [0, 0.1) is 5.92 Å². The van der Waals surface area contributed by atoms with Crippen LogP contribution in [0.25, 0.3) is 0 Å². The summed E-state index contributed by atoms with van der Waals surface area (Å²) in [5.74, 6) is 3.48. The van der Waals surface area contributed by atoms with Gasteiger partial charge in [-0.1, -0.05) is 13.8 Å². The maximum Gasteiger partial charge on any atom is 0.138 e. The Morgan fingerprint density at radius 1 is 1.53 bits per heavy atom. The highest BCUT2D eigenvalue weighted by atomic mass is 32.2. The summed E-state index contributed by atoms with van der Waals surface area (Å²) in [5.41, 5.74) is 0. The van der Waals surface area contributed by atoms with Gasteiger partial charge in [0.2, 0.25) is 0 Å². The Morgan fingerprint density at radius 2 is 2.33 bits per heavy atom. The Hall–Kier alpha value is -0.550. The number of thioether (sulfide) groups is 1. The van der Waals surface area contributed by atoms with E-state index in [4.69, 9.17) is 5.11 Å². The molecule has 86 valence electrons. The van der Waals surface area contributed by atoms with Gasteiger partial charge in [-0.3, -0.25) is 0 Å². The van der Waals surface area contributed by atoms with Crippen LogP contribution in [-0.4, -0.2) is 32.2 Å². The van der Waals surface area contributed by atoms with Crippen LogP contribution in [0.5, 0.6) is 0 Å².